The van der Waals surface area contributed by atoms with E-state index >= 15 is 0 Å². The molecule has 0 radical (unpaired) electrons. The van der Waals surface area contributed by atoms with E-state index in [1.807, 2.05) is 0 Å². The number of nitrogens with one attached hydrogen (secondary N) is 2. The van der Waals surface area contributed by atoms with Crippen molar-refractivity contribution in [2.75, 3.05) is 11.9 Å². The zero-order chi connectivity index (χ0) is 11.5. The molecule has 0 saturated heterocycles. The maximum absolute atomic E-state index is 11.7. The lowest BCUT2D eigenvalue weighted by molar-refractivity contribution is -0.122. The van der Waals surface area contributed by atoms with Crippen molar-refractivity contribution < 1.29 is 22.5 Å². The fourth-order valence-electron chi connectivity index (χ4n) is 0.759. The number of aromatic nitrogens is 1. The number of halogens is 3. The average Bonchev–Trinajstić information content (AvgIpc) is 2.47. The van der Waals surface area contributed by atoms with Crippen molar-refractivity contribution in [2.45, 2.75) is 13.1 Å². The van der Waals surface area contributed by atoms with Crippen LogP contribution in [0.25, 0.3) is 0 Å². The van der Waals surface area contributed by atoms with E-state index in [-0.39, 0.29) is 5.88 Å². The third-order valence-corrected chi connectivity index (χ3v) is 1.31. The second kappa shape index (κ2) is 4.20. The Morgan fingerprint density at radius 2 is 2.27 bits per heavy atom. The summed E-state index contributed by atoms with van der Waals surface area (Å²) in [6, 6.07) is 0.385. The Labute approximate surface area is 82.6 Å². The van der Waals surface area contributed by atoms with E-state index in [0.29, 0.717) is 5.69 Å². The van der Waals surface area contributed by atoms with Crippen LogP contribution in [-0.4, -0.2) is 23.9 Å². The predicted molar refractivity (Wildman–Crippen MR) is 44.3 cm³/mol. The summed E-state index contributed by atoms with van der Waals surface area (Å²) in [5.41, 5.74) is 0.515. The minimum atomic E-state index is -4.44. The normalized spacial score (nSPS) is 11.2. The van der Waals surface area contributed by atoms with E-state index in [9.17, 15) is 18.0 Å². The molecule has 0 aliphatic carbocycles. The lowest BCUT2D eigenvalue weighted by Gasteiger charge is -2.07. The Morgan fingerprint density at radius 1 is 1.60 bits per heavy atom. The van der Waals surface area contributed by atoms with Crippen LogP contribution < -0.4 is 10.6 Å². The summed E-state index contributed by atoms with van der Waals surface area (Å²) in [5.74, 6) is -0.00725. The molecule has 0 aliphatic heterocycles. The monoisotopic (exact) mass is 223 g/mol. The highest BCUT2D eigenvalue weighted by Crippen LogP contribution is 2.12. The van der Waals surface area contributed by atoms with Gasteiger partial charge < -0.3 is 9.84 Å². The summed E-state index contributed by atoms with van der Waals surface area (Å²) in [6.45, 7) is 0.217. The number of alkyl halides is 3. The molecular formula is C7H8F3N3O2. The van der Waals surface area contributed by atoms with Gasteiger partial charge in [-0.05, 0) is 6.92 Å². The molecule has 1 aromatic rings. The average molecular weight is 223 g/mol. The molecule has 15 heavy (non-hydrogen) atoms. The number of aryl methyl sites for hydroxylation is 1. The smallest absolute Gasteiger partial charge is 0.338 e. The first-order chi connectivity index (χ1) is 6.87. The van der Waals surface area contributed by atoms with Crippen LogP contribution in [0.3, 0.4) is 0 Å². The van der Waals surface area contributed by atoms with E-state index in [1.54, 1.807) is 12.2 Å². The summed E-state index contributed by atoms with van der Waals surface area (Å²) in [5, 5.41) is 7.11. The summed E-state index contributed by atoms with van der Waals surface area (Å²) in [7, 11) is 0. The minimum Gasteiger partial charge on any atom is -0.338 e. The minimum absolute atomic E-state index is 0.00725. The van der Waals surface area contributed by atoms with Gasteiger partial charge in [-0.25, -0.2) is 4.79 Å². The van der Waals surface area contributed by atoms with Crippen molar-refractivity contribution in [1.82, 2.24) is 10.5 Å². The van der Waals surface area contributed by atoms with Crippen molar-refractivity contribution in [1.29, 1.82) is 0 Å². The molecule has 0 unspecified atom stereocenters. The Bertz CT molecular complexity index is 347. The molecule has 0 spiro atoms. The van der Waals surface area contributed by atoms with Crippen LogP contribution in [0.15, 0.2) is 10.6 Å². The van der Waals surface area contributed by atoms with Crippen LogP contribution in [0.1, 0.15) is 5.69 Å². The first-order valence-electron chi connectivity index (χ1n) is 3.92. The number of nitrogens with zero attached hydrogens (tertiary/aromatic N) is 1. The van der Waals surface area contributed by atoms with E-state index in [0.717, 1.165) is 0 Å². The second-order valence-corrected chi connectivity index (χ2v) is 2.76. The quantitative estimate of drug-likeness (QED) is 0.801. The van der Waals surface area contributed by atoms with Crippen LogP contribution in [0.4, 0.5) is 23.8 Å². The molecule has 0 aliphatic rings. The number of amides is 2. The van der Waals surface area contributed by atoms with E-state index in [1.165, 1.54) is 6.07 Å². The number of carbonyl (C=O) groups is 1. The molecule has 0 bridgehead atoms. The number of urea groups is 1. The third-order valence-electron chi connectivity index (χ3n) is 1.31. The van der Waals surface area contributed by atoms with Gasteiger partial charge in [-0.2, -0.15) is 13.2 Å². The van der Waals surface area contributed by atoms with Crippen molar-refractivity contribution in [2.24, 2.45) is 0 Å². The zero-order valence-electron chi connectivity index (χ0n) is 7.68. The standard InChI is InChI=1S/C7H8F3N3O2/c1-4-2-5(15-13-4)12-6(14)11-3-7(8,9)10/h2H,3H2,1H3,(H2,11,12,14). The van der Waals surface area contributed by atoms with Gasteiger partial charge >= 0.3 is 12.2 Å². The number of carbonyl (C=O) groups excluding carboxylic acids is 1. The van der Waals surface area contributed by atoms with Gasteiger partial charge in [0.2, 0.25) is 5.88 Å². The molecule has 8 heteroatoms. The first kappa shape index (κ1) is 11.3. The van der Waals surface area contributed by atoms with Crippen molar-refractivity contribution in [3.8, 4) is 0 Å². The van der Waals surface area contributed by atoms with Crippen molar-refractivity contribution in [3.05, 3.63) is 11.8 Å². The van der Waals surface area contributed by atoms with E-state index in [2.05, 4.69) is 15.0 Å². The largest absolute Gasteiger partial charge is 0.405 e. The van der Waals surface area contributed by atoms with Gasteiger partial charge in [0.25, 0.3) is 0 Å². The van der Waals surface area contributed by atoms with Crippen LogP contribution in [0, 0.1) is 6.92 Å². The number of rotatable bonds is 2. The SMILES string of the molecule is Cc1cc(NC(=O)NCC(F)(F)F)on1. The highest BCUT2D eigenvalue weighted by Gasteiger charge is 2.27. The summed E-state index contributed by atoms with van der Waals surface area (Å²) in [6.07, 6.45) is -4.44. The number of hydrogen-bond acceptors (Lipinski definition) is 3. The molecule has 0 atom stereocenters. The van der Waals surface area contributed by atoms with Crippen LogP contribution in [-0.2, 0) is 0 Å². The lowest BCUT2D eigenvalue weighted by atomic mass is 10.5. The molecule has 2 N–H and O–H groups in total. The maximum Gasteiger partial charge on any atom is 0.405 e. The number of anilines is 1. The maximum atomic E-state index is 11.7. The topological polar surface area (TPSA) is 67.2 Å². The number of hydrogen-bond donors (Lipinski definition) is 2. The molecule has 5 nitrogen and oxygen atoms in total. The summed E-state index contributed by atoms with van der Waals surface area (Å²) in [4.78, 5) is 10.9. The van der Waals surface area contributed by atoms with Gasteiger partial charge in [-0.1, -0.05) is 5.16 Å². The Balaban J connectivity index is 2.37. The van der Waals surface area contributed by atoms with Gasteiger partial charge in [0, 0.05) is 6.07 Å². The summed E-state index contributed by atoms with van der Waals surface area (Å²) >= 11 is 0. The molecule has 2 amide bonds. The van der Waals surface area contributed by atoms with Gasteiger partial charge in [0.05, 0.1) is 5.69 Å². The molecule has 1 aromatic heterocycles. The molecule has 1 rings (SSSR count). The molecule has 0 fully saturated rings. The third kappa shape index (κ3) is 4.34. The Morgan fingerprint density at radius 3 is 2.73 bits per heavy atom. The molecule has 0 aromatic carbocycles. The summed E-state index contributed by atoms with van der Waals surface area (Å²) < 4.78 is 39.6. The lowest BCUT2D eigenvalue weighted by Crippen LogP contribution is -2.36. The fraction of sp³-hybridized carbons (Fsp3) is 0.429. The van der Waals surface area contributed by atoms with Gasteiger partial charge in [-0.3, -0.25) is 5.32 Å². The van der Waals surface area contributed by atoms with Crippen LogP contribution >= 0.6 is 0 Å². The highest BCUT2D eigenvalue weighted by molar-refractivity contribution is 5.87. The second-order valence-electron chi connectivity index (χ2n) is 2.76. The van der Waals surface area contributed by atoms with Crippen LogP contribution in [0.2, 0.25) is 0 Å². The zero-order valence-corrected chi connectivity index (χ0v) is 7.68. The first-order valence-corrected chi connectivity index (χ1v) is 3.92. The van der Waals surface area contributed by atoms with Gasteiger partial charge in [0.15, 0.2) is 0 Å². The van der Waals surface area contributed by atoms with Crippen molar-refractivity contribution >= 4 is 11.9 Å². The molecule has 84 valence electrons. The molecular weight excluding hydrogens is 215 g/mol. The highest BCUT2D eigenvalue weighted by atomic mass is 19.4. The fourth-order valence-corrected chi connectivity index (χ4v) is 0.759. The predicted octanol–water partition coefficient (Wildman–Crippen LogP) is 1.67. The Hall–Kier alpha value is -1.73. The van der Waals surface area contributed by atoms with Crippen molar-refractivity contribution in [3.63, 3.8) is 0 Å². The van der Waals surface area contributed by atoms with E-state index < -0.39 is 18.8 Å². The molecule has 1 heterocycles. The van der Waals surface area contributed by atoms with Crippen LogP contribution in [0.5, 0.6) is 0 Å². The van der Waals surface area contributed by atoms with Gasteiger partial charge in [-0.15, -0.1) is 0 Å². The van der Waals surface area contributed by atoms with Gasteiger partial charge in [0.1, 0.15) is 6.54 Å². The van der Waals surface area contributed by atoms with E-state index in [4.69, 9.17) is 0 Å². The Kier molecular flexibility index (Phi) is 3.17. The molecule has 0 saturated carbocycles.